The van der Waals surface area contributed by atoms with Gasteiger partial charge in [0, 0.05) is 6.54 Å². The van der Waals surface area contributed by atoms with Crippen LogP contribution in [0.3, 0.4) is 0 Å². The highest BCUT2D eigenvalue weighted by atomic mass is 16.2. The fraction of sp³-hybridized carbons (Fsp3) is 0.667. The van der Waals surface area contributed by atoms with Gasteiger partial charge in [-0.3, -0.25) is 9.59 Å². The molecule has 0 aromatic carbocycles. The summed E-state index contributed by atoms with van der Waals surface area (Å²) in [5.74, 6) is -0.985. The lowest BCUT2D eigenvalue weighted by molar-refractivity contribution is -0.137. The van der Waals surface area contributed by atoms with Gasteiger partial charge >= 0.3 is 0 Å². The van der Waals surface area contributed by atoms with Crippen LogP contribution < -0.4 is 11.5 Å². The van der Waals surface area contributed by atoms with Crippen molar-refractivity contribution >= 4 is 18.1 Å². The number of carbonyl (C=O) groups is 3. The van der Waals surface area contributed by atoms with Gasteiger partial charge in [0.05, 0.1) is 18.5 Å². The molecule has 0 aliphatic carbocycles. The summed E-state index contributed by atoms with van der Waals surface area (Å²) in [6, 6.07) is -1.32. The van der Waals surface area contributed by atoms with Crippen molar-refractivity contribution in [1.82, 2.24) is 4.90 Å². The van der Waals surface area contributed by atoms with E-state index in [1.165, 1.54) is 4.90 Å². The lowest BCUT2D eigenvalue weighted by Gasteiger charge is -2.23. The molecule has 6 heteroatoms. The van der Waals surface area contributed by atoms with Gasteiger partial charge in [-0.05, 0) is 12.8 Å². The molecule has 1 heterocycles. The fourth-order valence-corrected chi connectivity index (χ4v) is 1.72. The van der Waals surface area contributed by atoms with Gasteiger partial charge in [0.25, 0.3) is 0 Å². The number of amides is 2. The van der Waals surface area contributed by atoms with Crippen LogP contribution in [0.2, 0.25) is 0 Å². The molecule has 2 atom stereocenters. The molecule has 2 amide bonds. The minimum absolute atomic E-state index is 0.180. The maximum absolute atomic E-state index is 11.7. The quantitative estimate of drug-likeness (QED) is 0.547. The molecule has 0 radical (unpaired) electrons. The zero-order chi connectivity index (χ0) is 11.4. The molecular formula is C9H15N3O3. The Morgan fingerprint density at radius 3 is 2.73 bits per heavy atom. The van der Waals surface area contributed by atoms with E-state index in [-0.39, 0.29) is 12.3 Å². The van der Waals surface area contributed by atoms with E-state index >= 15 is 0 Å². The minimum Gasteiger partial charge on any atom is -0.370 e. The average molecular weight is 213 g/mol. The average Bonchev–Trinajstić information content (AvgIpc) is 2.62. The SMILES string of the molecule is NC(=O)C[C@H](N)C(=O)N1CCC[C@H]1C=O. The molecule has 0 spiro atoms. The van der Waals surface area contributed by atoms with Crippen molar-refractivity contribution in [3.05, 3.63) is 0 Å². The first kappa shape index (κ1) is 11.6. The highest BCUT2D eigenvalue weighted by Crippen LogP contribution is 2.16. The van der Waals surface area contributed by atoms with E-state index in [4.69, 9.17) is 11.5 Å². The van der Waals surface area contributed by atoms with Gasteiger partial charge in [-0.2, -0.15) is 0 Å². The van der Waals surface area contributed by atoms with Crippen LogP contribution in [0.1, 0.15) is 19.3 Å². The molecule has 0 aromatic rings. The van der Waals surface area contributed by atoms with Crippen molar-refractivity contribution in [2.24, 2.45) is 11.5 Å². The third-order valence-electron chi connectivity index (χ3n) is 2.48. The van der Waals surface area contributed by atoms with E-state index in [2.05, 4.69) is 0 Å². The Bertz CT molecular complexity index is 280. The molecule has 1 fully saturated rings. The van der Waals surface area contributed by atoms with Crippen LogP contribution in [0, 0.1) is 0 Å². The summed E-state index contributed by atoms with van der Waals surface area (Å²) in [4.78, 5) is 34.3. The topological polar surface area (TPSA) is 106 Å². The normalized spacial score (nSPS) is 22.5. The Hall–Kier alpha value is -1.43. The van der Waals surface area contributed by atoms with Crippen molar-refractivity contribution in [3.8, 4) is 0 Å². The summed E-state index contributed by atoms with van der Waals surface area (Å²) in [5.41, 5.74) is 10.4. The standard InChI is InChI=1S/C9H15N3O3/c10-7(4-8(11)14)9(15)12-3-1-2-6(12)5-13/h5-7H,1-4,10H2,(H2,11,14)/t6-,7-/m0/s1. The van der Waals surface area contributed by atoms with Gasteiger partial charge in [-0.1, -0.05) is 0 Å². The van der Waals surface area contributed by atoms with Gasteiger partial charge in [0.15, 0.2) is 0 Å². The van der Waals surface area contributed by atoms with Gasteiger partial charge in [0.2, 0.25) is 11.8 Å². The van der Waals surface area contributed by atoms with E-state index in [1.807, 2.05) is 0 Å². The first-order valence-electron chi connectivity index (χ1n) is 4.86. The Morgan fingerprint density at radius 1 is 1.53 bits per heavy atom. The number of carbonyl (C=O) groups excluding carboxylic acids is 3. The van der Waals surface area contributed by atoms with Gasteiger partial charge < -0.3 is 21.2 Å². The number of aldehydes is 1. The molecule has 0 bridgehead atoms. The Kier molecular flexibility index (Phi) is 3.79. The highest BCUT2D eigenvalue weighted by Gasteiger charge is 2.31. The predicted octanol–water partition coefficient (Wildman–Crippen LogP) is -1.62. The van der Waals surface area contributed by atoms with Crippen molar-refractivity contribution in [3.63, 3.8) is 0 Å². The number of primary amides is 1. The van der Waals surface area contributed by atoms with E-state index in [0.29, 0.717) is 13.0 Å². The van der Waals surface area contributed by atoms with Crippen LogP contribution in [-0.4, -0.2) is 41.6 Å². The third kappa shape index (κ3) is 2.76. The molecule has 1 aliphatic rings. The largest absolute Gasteiger partial charge is 0.370 e. The first-order chi connectivity index (χ1) is 7.06. The minimum atomic E-state index is -0.928. The highest BCUT2D eigenvalue weighted by molar-refractivity contribution is 5.89. The van der Waals surface area contributed by atoms with E-state index in [0.717, 1.165) is 12.7 Å². The predicted molar refractivity (Wildman–Crippen MR) is 52.6 cm³/mol. The van der Waals surface area contributed by atoms with Crippen LogP contribution in [0.4, 0.5) is 0 Å². The molecule has 0 unspecified atom stereocenters. The van der Waals surface area contributed by atoms with Crippen LogP contribution >= 0.6 is 0 Å². The summed E-state index contributed by atoms with van der Waals surface area (Å²) >= 11 is 0. The van der Waals surface area contributed by atoms with Crippen molar-refractivity contribution < 1.29 is 14.4 Å². The van der Waals surface area contributed by atoms with Gasteiger partial charge in [-0.15, -0.1) is 0 Å². The molecule has 1 aliphatic heterocycles. The lowest BCUT2D eigenvalue weighted by Crippen LogP contribution is -2.47. The molecule has 0 saturated carbocycles. The van der Waals surface area contributed by atoms with Crippen molar-refractivity contribution in [1.29, 1.82) is 0 Å². The van der Waals surface area contributed by atoms with Crippen LogP contribution in [0.15, 0.2) is 0 Å². The maximum atomic E-state index is 11.7. The van der Waals surface area contributed by atoms with E-state index in [9.17, 15) is 14.4 Å². The second-order valence-corrected chi connectivity index (χ2v) is 3.65. The molecular weight excluding hydrogens is 198 g/mol. The number of hydrogen-bond acceptors (Lipinski definition) is 4. The molecule has 15 heavy (non-hydrogen) atoms. The monoisotopic (exact) mass is 213 g/mol. The summed E-state index contributed by atoms with van der Waals surface area (Å²) in [5, 5.41) is 0. The van der Waals surface area contributed by atoms with Crippen molar-refractivity contribution in [2.45, 2.75) is 31.3 Å². The van der Waals surface area contributed by atoms with Crippen LogP contribution in [0.25, 0.3) is 0 Å². The Balaban J connectivity index is 2.58. The van der Waals surface area contributed by atoms with Crippen molar-refractivity contribution in [2.75, 3.05) is 6.54 Å². The number of rotatable bonds is 4. The van der Waals surface area contributed by atoms with Gasteiger partial charge in [0.1, 0.15) is 6.29 Å². The van der Waals surface area contributed by atoms with E-state index < -0.39 is 18.0 Å². The smallest absolute Gasteiger partial charge is 0.240 e. The Labute approximate surface area is 87.6 Å². The maximum Gasteiger partial charge on any atom is 0.240 e. The molecule has 0 aromatic heterocycles. The Morgan fingerprint density at radius 2 is 2.20 bits per heavy atom. The number of likely N-dealkylation sites (tertiary alicyclic amines) is 1. The molecule has 4 N–H and O–H groups in total. The number of nitrogens with zero attached hydrogens (tertiary/aromatic N) is 1. The summed E-state index contributed by atoms with van der Waals surface area (Å²) in [7, 11) is 0. The molecule has 6 nitrogen and oxygen atoms in total. The number of hydrogen-bond donors (Lipinski definition) is 2. The molecule has 84 valence electrons. The number of nitrogens with two attached hydrogens (primary N) is 2. The zero-order valence-electron chi connectivity index (χ0n) is 8.39. The summed E-state index contributed by atoms with van der Waals surface area (Å²) < 4.78 is 0. The van der Waals surface area contributed by atoms with Crippen LogP contribution in [-0.2, 0) is 14.4 Å². The molecule has 1 rings (SSSR count). The summed E-state index contributed by atoms with van der Waals surface area (Å²) in [6.07, 6.45) is 2.01. The van der Waals surface area contributed by atoms with Gasteiger partial charge in [-0.25, -0.2) is 0 Å². The van der Waals surface area contributed by atoms with Crippen LogP contribution in [0.5, 0.6) is 0 Å². The first-order valence-corrected chi connectivity index (χ1v) is 4.86. The fourth-order valence-electron chi connectivity index (χ4n) is 1.72. The second-order valence-electron chi connectivity index (χ2n) is 3.65. The zero-order valence-corrected chi connectivity index (χ0v) is 8.39. The lowest BCUT2D eigenvalue weighted by atomic mass is 10.1. The third-order valence-corrected chi connectivity index (χ3v) is 2.48. The second kappa shape index (κ2) is 4.88. The summed E-state index contributed by atoms with van der Waals surface area (Å²) in [6.45, 7) is 0.523. The molecule has 1 saturated heterocycles. The van der Waals surface area contributed by atoms with E-state index in [1.54, 1.807) is 0 Å².